The molecule has 0 radical (unpaired) electrons. The largest absolute Gasteiger partial charge is 0.478 e. The number of ether oxygens (including phenoxy) is 2. The Morgan fingerprint density at radius 2 is 2.04 bits per heavy atom. The molecule has 1 aromatic carbocycles. The molecule has 1 aromatic rings. The van der Waals surface area contributed by atoms with E-state index in [1.54, 1.807) is 0 Å². The van der Waals surface area contributed by atoms with E-state index in [0.29, 0.717) is 26.1 Å². The molecule has 142 valence electrons. The standard InChI is InChI=1S/C20H29N3O3/c1-5-21-14-25-13-16-8-6-15(7-9-16)11-23-19(24)18-10-17(12-22-18)26-20(2,3)4/h5-9,14,17-18,22H,1,10-13H2,2-4H3,(H,23,24)/b21-14-/t17-,18+/m1/s1. The summed E-state index contributed by atoms with van der Waals surface area (Å²) in [6.07, 6.45) is 3.56. The number of hydrogen-bond acceptors (Lipinski definition) is 5. The highest BCUT2D eigenvalue weighted by Gasteiger charge is 2.32. The van der Waals surface area contributed by atoms with Crippen LogP contribution in [0.3, 0.4) is 0 Å². The highest BCUT2D eigenvalue weighted by Crippen LogP contribution is 2.18. The number of amides is 1. The van der Waals surface area contributed by atoms with Crippen molar-refractivity contribution >= 4 is 12.3 Å². The predicted octanol–water partition coefficient (Wildman–Crippen LogP) is 2.54. The normalized spacial score (nSPS) is 20.3. The molecule has 0 aromatic heterocycles. The molecule has 1 aliphatic heterocycles. The van der Waals surface area contributed by atoms with Gasteiger partial charge in [0.1, 0.15) is 6.61 Å². The zero-order chi connectivity index (χ0) is 19.0. The van der Waals surface area contributed by atoms with Crippen LogP contribution >= 0.6 is 0 Å². The van der Waals surface area contributed by atoms with Crippen LogP contribution in [0.4, 0.5) is 0 Å². The molecule has 2 rings (SSSR count). The summed E-state index contributed by atoms with van der Waals surface area (Å²) in [5.41, 5.74) is 1.89. The fourth-order valence-electron chi connectivity index (χ4n) is 2.78. The van der Waals surface area contributed by atoms with Crippen molar-refractivity contribution in [3.05, 3.63) is 48.2 Å². The van der Waals surface area contributed by atoms with Gasteiger partial charge in [-0.2, -0.15) is 0 Å². The number of benzene rings is 1. The molecular formula is C20H29N3O3. The van der Waals surface area contributed by atoms with Gasteiger partial charge in [-0.05, 0) is 38.3 Å². The Morgan fingerprint density at radius 1 is 1.35 bits per heavy atom. The lowest BCUT2D eigenvalue weighted by Gasteiger charge is -2.24. The molecule has 0 bridgehead atoms. The Morgan fingerprint density at radius 3 is 2.69 bits per heavy atom. The van der Waals surface area contributed by atoms with Crippen molar-refractivity contribution in [2.24, 2.45) is 4.99 Å². The minimum atomic E-state index is -0.195. The fraction of sp³-hybridized carbons (Fsp3) is 0.500. The topological polar surface area (TPSA) is 72.0 Å². The highest BCUT2D eigenvalue weighted by molar-refractivity contribution is 5.82. The molecule has 0 unspecified atom stereocenters. The Kier molecular flexibility index (Phi) is 7.36. The Bertz CT molecular complexity index is 620. The number of rotatable bonds is 8. The second-order valence-electron chi connectivity index (χ2n) is 7.33. The molecule has 1 saturated heterocycles. The molecule has 2 atom stereocenters. The highest BCUT2D eigenvalue weighted by atomic mass is 16.5. The van der Waals surface area contributed by atoms with E-state index in [9.17, 15) is 4.79 Å². The average Bonchev–Trinajstić information content (AvgIpc) is 3.04. The van der Waals surface area contributed by atoms with Gasteiger partial charge in [-0.1, -0.05) is 30.8 Å². The van der Waals surface area contributed by atoms with Crippen molar-refractivity contribution in [2.45, 2.75) is 58.1 Å². The SMILES string of the molecule is C=C/N=C\OCc1ccc(CNC(=O)[C@@H]2C[C@@H](OC(C)(C)C)CN2)cc1. The van der Waals surface area contributed by atoms with Crippen LogP contribution in [0.2, 0.25) is 0 Å². The van der Waals surface area contributed by atoms with Crippen LogP contribution in [0.15, 0.2) is 42.0 Å². The van der Waals surface area contributed by atoms with Crippen LogP contribution < -0.4 is 10.6 Å². The van der Waals surface area contributed by atoms with Crippen LogP contribution in [0, 0.1) is 0 Å². The Labute approximate surface area is 155 Å². The lowest BCUT2D eigenvalue weighted by Crippen LogP contribution is -2.40. The van der Waals surface area contributed by atoms with Crippen molar-refractivity contribution in [1.29, 1.82) is 0 Å². The molecule has 2 N–H and O–H groups in total. The summed E-state index contributed by atoms with van der Waals surface area (Å²) >= 11 is 0. The van der Waals surface area contributed by atoms with Gasteiger partial charge in [0.05, 0.1) is 17.7 Å². The minimum Gasteiger partial charge on any atom is -0.478 e. The van der Waals surface area contributed by atoms with E-state index in [-0.39, 0.29) is 23.7 Å². The second-order valence-corrected chi connectivity index (χ2v) is 7.33. The maximum atomic E-state index is 12.3. The number of carbonyl (C=O) groups excluding carboxylic acids is 1. The van der Waals surface area contributed by atoms with Gasteiger partial charge in [0.25, 0.3) is 0 Å². The average molecular weight is 359 g/mol. The maximum Gasteiger partial charge on any atom is 0.237 e. The summed E-state index contributed by atoms with van der Waals surface area (Å²) in [4.78, 5) is 16.1. The lowest BCUT2D eigenvalue weighted by atomic mass is 10.1. The fourth-order valence-corrected chi connectivity index (χ4v) is 2.78. The molecule has 0 spiro atoms. The third-order valence-corrected chi connectivity index (χ3v) is 3.91. The molecule has 26 heavy (non-hydrogen) atoms. The third kappa shape index (κ3) is 6.98. The van der Waals surface area contributed by atoms with Crippen molar-refractivity contribution < 1.29 is 14.3 Å². The monoisotopic (exact) mass is 359 g/mol. The summed E-state index contributed by atoms with van der Waals surface area (Å²) in [7, 11) is 0. The molecule has 6 heteroatoms. The number of hydrogen-bond donors (Lipinski definition) is 2. The van der Waals surface area contributed by atoms with E-state index in [0.717, 1.165) is 11.1 Å². The zero-order valence-electron chi connectivity index (χ0n) is 15.8. The second kappa shape index (κ2) is 9.50. The van der Waals surface area contributed by atoms with Crippen molar-refractivity contribution in [3.63, 3.8) is 0 Å². The van der Waals surface area contributed by atoms with Gasteiger partial charge in [-0.25, -0.2) is 4.99 Å². The molecule has 6 nitrogen and oxygen atoms in total. The van der Waals surface area contributed by atoms with Gasteiger partial charge in [-0.3, -0.25) is 4.79 Å². The minimum absolute atomic E-state index is 0.0121. The van der Waals surface area contributed by atoms with Gasteiger partial charge in [0.2, 0.25) is 5.91 Å². The summed E-state index contributed by atoms with van der Waals surface area (Å²) in [6.45, 7) is 11.2. The van der Waals surface area contributed by atoms with Crippen LogP contribution in [-0.4, -0.2) is 36.6 Å². The molecular weight excluding hydrogens is 330 g/mol. The first-order valence-electron chi connectivity index (χ1n) is 8.88. The summed E-state index contributed by atoms with van der Waals surface area (Å²) < 4.78 is 11.2. The van der Waals surface area contributed by atoms with Crippen molar-refractivity contribution in [2.75, 3.05) is 6.54 Å². The van der Waals surface area contributed by atoms with Gasteiger partial charge < -0.3 is 20.1 Å². The molecule has 0 aliphatic carbocycles. The third-order valence-electron chi connectivity index (χ3n) is 3.91. The van der Waals surface area contributed by atoms with Gasteiger partial charge >= 0.3 is 0 Å². The first kappa shape index (κ1) is 20.1. The van der Waals surface area contributed by atoms with Crippen LogP contribution in [-0.2, 0) is 27.4 Å². The smallest absolute Gasteiger partial charge is 0.237 e. The molecule has 1 amide bonds. The van der Waals surface area contributed by atoms with E-state index >= 15 is 0 Å². The molecule has 1 heterocycles. The van der Waals surface area contributed by atoms with Crippen molar-refractivity contribution in [3.8, 4) is 0 Å². The molecule has 1 fully saturated rings. The zero-order valence-corrected chi connectivity index (χ0v) is 15.8. The van der Waals surface area contributed by atoms with Crippen molar-refractivity contribution in [1.82, 2.24) is 10.6 Å². The van der Waals surface area contributed by atoms with E-state index in [1.165, 1.54) is 12.6 Å². The number of carbonyl (C=O) groups is 1. The Hall–Kier alpha value is -2.18. The lowest BCUT2D eigenvalue weighted by molar-refractivity contribution is -0.123. The van der Waals surface area contributed by atoms with Crippen LogP contribution in [0.1, 0.15) is 38.3 Å². The number of nitrogens with one attached hydrogen (secondary N) is 2. The van der Waals surface area contributed by atoms with E-state index in [4.69, 9.17) is 9.47 Å². The maximum absolute atomic E-state index is 12.3. The van der Waals surface area contributed by atoms with Gasteiger partial charge in [0, 0.05) is 19.3 Å². The first-order chi connectivity index (χ1) is 12.4. The Balaban J connectivity index is 1.74. The predicted molar refractivity (Wildman–Crippen MR) is 103 cm³/mol. The first-order valence-corrected chi connectivity index (χ1v) is 8.88. The molecule has 0 saturated carbocycles. The van der Waals surface area contributed by atoms with E-state index < -0.39 is 0 Å². The van der Waals surface area contributed by atoms with Gasteiger partial charge in [-0.15, -0.1) is 0 Å². The van der Waals surface area contributed by atoms with Gasteiger partial charge in [0.15, 0.2) is 6.40 Å². The number of nitrogens with zero attached hydrogens (tertiary/aromatic N) is 1. The van der Waals surface area contributed by atoms with Crippen LogP contribution in [0.25, 0.3) is 0 Å². The quantitative estimate of drug-likeness (QED) is 0.553. The van der Waals surface area contributed by atoms with E-state index in [1.807, 2.05) is 45.0 Å². The molecule has 1 aliphatic rings. The summed E-state index contributed by atoms with van der Waals surface area (Å²) in [6, 6.07) is 7.72. The summed E-state index contributed by atoms with van der Waals surface area (Å²) in [5.74, 6) is 0.0121. The number of aliphatic imine (C=N–C) groups is 1. The summed E-state index contributed by atoms with van der Waals surface area (Å²) in [5, 5.41) is 6.22. The van der Waals surface area contributed by atoms with E-state index in [2.05, 4.69) is 22.2 Å². The van der Waals surface area contributed by atoms with Crippen LogP contribution in [0.5, 0.6) is 0 Å².